The molecular formula is C19H24F2N2O2. The summed E-state index contributed by atoms with van der Waals surface area (Å²) in [4.78, 5) is 27.6. The van der Waals surface area contributed by atoms with Crippen molar-refractivity contribution in [1.29, 1.82) is 0 Å². The van der Waals surface area contributed by atoms with Gasteiger partial charge in [0, 0.05) is 26.1 Å². The molecule has 0 spiro atoms. The van der Waals surface area contributed by atoms with Crippen LogP contribution in [0, 0.1) is 17.6 Å². The van der Waals surface area contributed by atoms with Gasteiger partial charge in [-0.05, 0) is 55.7 Å². The fourth-order valence-electron chi connectivity index (χ4n) is 3.73. The third kappa shape index (κ3) is 4.55. The number of hydrogen-bond donors (Lipinski definition) is 0. The molecule has 2 aliphatic rings. The molecule has 136 valence electrons. The molecule has 2 aliphatic heterocycles. The number of nitrogens with zero attached hydrogens (tertiary/aromatic N) is 2. The molecule has 4 nitrogen and oxygen atoms in total. The Balaban J connectivity index is 1.49. The van der Waals surface area contributed by atoms with Crippen LogP contribution in [0.3, 0.4) is 0 Å². The van der Waals surface area contributed by atoms with E-state index in [4.69, 9.17) is 0 Å². The summed E-state index contributed by atoms with van der Waals surface area (Å²) in [6, 6.07) is 4.03. The molecule has 0 unspecified atom stereocenters. The normalized spacial score (nSPS) is 21.0. The Labute approximate surface area is 146 Å². The SMILES string of the molecule is O=C1CCCN1CC(=O)N1CCC[C@@H](CCc2ccc(F)c(F)c2)C1. The number of aryl methyl sites for hydroxylation is 1. The fourth-order valence-corrected chi connectivity index (χ4v) is 3.73. The molecule has 25 heavy (non-hydrogen) atoms. The predicted octanol–water partition coefficient (Wildman–Crippen LogP) is 2.76. The van der Waals surface area contributed by atoms with E-state index in [1.165, 1.54) is 6.07 Å². The maximum atomic E-state index is 13.3. The smallest absolute Gasteiger partial charge is 0.242 e. The Morgan fingerprint density at radius 2 is 2.00 bits per heavy atom. The summed E-state index contributed by atoms with van der Waals surface area (Å²) in [7, 11) is 0. The van der Waals surface area contributed by atoms with Crippen molar-refractivity contribution >= 4 is 11.8 Å². The highest BCUT2D eigenvalue weighted by atomic mass is 19.2. The van der Waals surface area contributed by atoms with Gasteiger partial charge in [-0.25, -0.2) is 8.78 Å². The van der Waals surface area contributed by atoms with Crippen molar-refractivity contribution in [3.63, 3.8) is 0 Å². The van der Waals surface area contributed by atoms with Gasteiger partial charge in [0.1, 0.15) is 0 Å². The van der Waals surface area contributed by atoms with Gasteiger partial charge in [-0.15, -0.1) is 0 Å². The van der Waals surface area contributed by atoms with Crippen LogP contribution >= 0.6 is 0 Å². The average molecular weight is 350 g/mol. The molecule has 1 aromatic carbocycles. The molecule has 2 amide bonds. The lowest BCUT2D eigenvalue weighted by atomic mass is 9.91. The van der Waals surface area contributed by atoms with Crippen LogP contribution in [-0.2, 0) is 16.0 Å². The quantitative estimate of drug-likeness (QED) is 0.819. The van der Waals surface area contributed by atoms with E-state index in [1.807, 2.05) is 4.90 Å². The number of hydrogen-bond acceptors (Lipinski definition) is 2. The van der Waals surface area contributed by atoms with E-state index in [-0.39, 0.29) is 18.4 Å². The van der Waals surface area contributed by atoms with Crippen molar-refractivity contribution in [3.05, 3.63) is 35.4 Å². The minimum atomic E-state index is -0.824. The number of carbonyl (C=O) groups excluding carboxylic acids is 2. The molecule has 1 atom stereocenters. The van der Waals surface area contributed by atoms with Crippen LogP contribution in [0.2, 0.25) is 0 Å². The van der Waals surface area contributed by atoms with E-state index < -0.39 is 11.6 Å². The molecule has 6 heteroatoms. The molecule has 0 aromatic heterocycles. The zero-order valence-electron chi connectivity index (χ0n) is 14.3. The predicted molar refractivity (Wildman–Crippen MR) is 89.8 cm³/mol. The summed E-state index contributed by atoms with van der Waals surface area (Å²) in [5.41, 5.74) is 0.782. The Morgan fingerprint density at radius 3 is 2.72 bits per heavy atom. The van der Waals surface area contributed by atoms with Gasteiger partial charge in [-0.2, -0.15) is 0 Å². The van der Waals surface area contributed by atoms with Gasteiger partial charge in [0.15, 0.2) is 11.6 Å². The maximum Gasteiger partial charge on any atom is 0.242 e. The van der Waals surface area contributed by atoms with Gasteiger partial charge in [-0.3, -0.25) is 9.59 Å². The van der Waals surface area contributed by atoms with Crippen LogP contribution in [0.15, 0.2) is 18.2 Å². The van der Waals surface area contributed by atoms with E-state index in [9.17, 15) is 18.4 Å². The molecule has 0 aliphatic carbocycles. The third-order valence-electron chi connectivity index (χ3n) is 5.19. The molecule has 3 rings (SSSR count). The molecule has 0 bridgehead atoms. The van der Waals surface area contributed by atoms with Crippen LogP contribution in [-0.4, -0.2) is 47.8 Å². The van der Waals surface area contributed by atoms with Gasteiger partial charge >= 0.3 is 0 Å². The van der Waals surface area contributed by atoms with Crippen molar-refractivity contribution in [2.45, 2.75) is 38.5 Å². The molecule has 0 radical (unpaired) electrons. The first-order chi connectivity index (χ1) is 12.0. The average Bonchev–Trinajstić information content (AvgIpc) is 3.01. The van der Waals surface area contributed by atoms with E-state index >= 15 is 0 Å². The van der Waals surface area contributed by atoms with Gasteiger partial charge in [0.2, 0.25) is 11.8 Å². The van der Waals surface area contributed by atoms with Crippen molar-refractivity contribution in [3.8, 4) is 0 Å². The summed E-state index contributed by atoms with van der Waals surface area (Å²) in [6.45, 7) is 2.29. The zero-order chi connectivity index (χ0) is 17.8. The number of likely N-dealkylation sites (tertiary alicyclic amines) is 2. The van der Waals surface area contributed by atoms with E-state index in [0.29, 0.717) is 31.8 Å². The Morgan fingerprint density at radius 1 is 1.16 bits per heavy atom. The Bertz CT molecular complexity index is 650. The molecular weight excluding hydrogens is 326 g/mol. The lowest BCUT2D eigenvalue weighted by Gasteiger charge is -2.34. The maximum absolute atomic E-state index is 13.3. The van der Waals surface area contributed by atoms with Crippen LogP contribution in [0.1, 0.15) is 37.7 Å². The number of halogens is 2. The second kappa shape index (κ2) is 7.93. The second-order valence-corrected chi connectivity index (χ2v) is 7.05. The first kappa shape index (κ1) is 17.8. The fraction of sp³-hybridized carbons (Fsp3) is 0.579. The molecule has 1 aromatic rings. The van der Waals surface area contributed by atoms with Gasteiger partial charge < -0.3 is 9.80 Å². The zero-order valence-corrected chi connectivity index (χ0v) is 14.3. The molecule has 0 saturated carbocycles. The summed E-state index contributed by atoms with van der Waals surface area (Å²) in [5, 5.41) is 0. The minimum Gasteiger partial charge on any atom is -0.341 e. The van der Waals surface area contributed by atoms with E-state index in [0.717, 1.165) is 43.9 Å². The number of carbonyl (C=O) groups is 2. The van der Waals surface area contributed by atoms with Crippen molar-refractivity contribution in [2.75, 3.05) is 26.2 Å². The number of benzene rings is 1. The van der Waals surface area contributed by atoms with Crippen LogP contribution in [0.25, 0.3) is 0 Å². The van der Waals surface area contributed by atoms with Crippen LogP contribution in [0.5, 0.6) is 0 Å². The second-order valence-electron chi connectivity index (χ2n) is 7.05. The van der Waals surface area contributed by atoms with Crippen LogP contribution in [0.4, 0.5) is 8.78 Å². The monoisotopic (exact) mass is 350 g/mol. The third-order valence-corrected chi connectivity index (χ3v) is 5.19. The van der Waals surface area contributed by atoms with Gasteiger partial charge in [0.05, 0.1) is 6.54 Å². The highest BCUT2D eigenvalue weighted by molar-refractivity contribution is 5.85. The standard InChI is InChI=1S/C19H24F2N2O2/c20-16-8-7-14(11-17(16)21)5-6-15-3-1-9-22(12-15)19(25)13-23-10-2-4-18(23)24/h7-8,11,15H,1-6,9-10,12-13H2/t15-/m0/s1. The van der Waals surface area contributed by atoms with Crippen molar-refractivity contribution in [2.24, 2.45) is 5.92 Å². The van der Waals surface area contributed by atoms with Crippen LogP contribution < -0.4 is 0 Å². The topological polar surface area (TPSA) is 40.6 Å². The Hall–Kier alpha value is -1.98. The minimum absolute atomic E-state index is 0.0211. The van der Waals surface area contributed by atoms with Crippen molar-refractivity contribution < 1.29 is 18.4 Å². The lowest BCUT2D eigenvalue weighted by molar-refractivity contribution is -0.139. The first-order valence-corrected chi connectivity index (χ1v) is 9.02. The van der Waals surface area contributed by atoms with E-state index in [2.05, 4.69) is 0 Å². The highest BCUT2D eigenvalue weighted by Crippen LogP contribution is 2.23. The number of rotatable bonds is 5. The van der Waals surface area contributed by atoms with E-state index in [1.54, 1.807) is 11.0 Å². The van der Waals surface area contributed by atoms with Crippen molar-refractivity contribution in [1.82, 2.24) is 9.80 Å². The summed E-state index contributed by atoms with van der Waals surface area (Å²) >= 11 is 0. The van der Waals surface area contributed by atoms with Gasteiger partial charge in [-0.1, -0.05) is 6.07 Å². The molecule has 2 saturated heterocycles. The summed E-state index contributed by atoms with van der Waals surface area (Å²) < 4.78 is 26.3. The highest BCUT2D eigenvalue weighted by Gasteiger charge is 2.28. The molecule has 0 N–H and O–H groups in total. The summed E-state index contributed by atoms with van der Waals surface area (Å²) in [6.07, 6.45) is 4.89. The summed E-state index contributed by atoms with van der Waals surface area (Å²) in [5.74, 6) is -1.18. The number of piperidine rings is 1. The molecule has 2 fully saturated rings. The number of amides is 2. The molecule has 2 heterocycles. The Kier molecular flexibility index (Phi) is 5.66. The lowest BCUT2D eigenvalue weighted by Crippen LogP contribution is -2.45. The van der Waals surface area contributed by atoms with Gasteiger partial charge in [0.25, 0.3) is 0 Å². The first-order valence-electron chi connectivity index (χ1n) is 9.02. The largest absolute Gasteiger partial charge is 0.341 e.